The highest BCUT2D eigenvalue weighted by Crippen LogP contribution is 2.22. The lowest BCUT2D eigenvalue weighted by Crippen LogP contribution is -2.37. The van der Waals surface area contributed by atoms with E-state index in [1.165, 1.54) is 11.4 Å². The van der Waals surface area contributed by atoms with Crippen molar-refractivity contribution in [3.63, 3.8) is 0 Å². The highest BCUT2D eigenvalue weighted by molar-refractivity contribution is 7.89. The van der Waals surface area contributed by atoms with Gasteiger partial charge in [0.05, 0.1) is 16.9 Å². The first-order chi connectivity index (χ1) is 12.1. The molecule has 0 fully saturated rings. The number of nitrogens with zero attached hydrogens (tertiary/aromatic N) is 2. The molecule has 0 spiro atoms. The van der Waals surface area contributed by atoms with Crippen LogP contribution in [0.5, 0.6) is 0 Å². The minimum Gasteiger partial charge on any atom is -0.327 e. The molecule has 1 aliphatic heterocycles. The average molecular weight is 381 g/mol. The van der Waals surface area contributed by atoms with Crippen LogP contribution in [0.2, 0.25) is 0 Å². The summed E-state index contributed by atoms with van der Waals surface area (Å²) in [6, 6.07) is 6.57. The standard InChI is InChI=1S/C18H27N3O4S/c1-13(2)16(19)9-11-20(3)26(24,25)12-6-10-21-17(22)14-7-4-5-8-15(14)18(21)23/h4-5,7-8,13,16H,6,9-12,19H2,1-3H3. The Kier molecular flexibility index (Phi) is 6.54. The monoisotopic (exact) mass is 381 g/mol. The Hall–Kier alpha value is -1.77. The van der Waals surface area contributed by atoms with Crippen LogP contribution in [0.3, 0.4) is 0 Å². The normalized spacial score (nSPS) is 15.8. The summed E-state index contributed by atoms with van der Waals surface area (Å²) < 4.78 is 26.0. The molecule has 0 saturated carbocycles. The summed E-state index contributed by atoms with van der Waals surface area (Å²) >= 11 is 0. The van der Waals surface area contributed by atoms with E-state index in [1.54, 1.807) is 24.3 Å². The van der Waals surface area contributed by atoms with Crippen molar-refractivity contribution < 1.29 is 18.0 Å². The largest absolute Gasteiger partial charge is 0.327 e. The molecule has 0 saturated heterocycles. The number of carbonyl (C=O) groups is 2. The van der Waals surface area contributed by atoms with Crippen LogP contribution in [0, 0.1) is 5.92 Å². The molecule has 1 heterocycles. The Bertz CT molecular complexity index is 741. The van der Waals surface area contributed by atoms with Gasteiger partial charge in [-0.3, -0.25) is 14.5 Å². The second-order valence-corrected chi connectivity index (χ2v) is 9.19. The molecule has 1 aromatic carbocycles. The van der Waals surface area contributed by atoms with E-state index in [0.717, 1.165) is 4.90 Å². The van der Waals surface area contributed by atoms with Crippen LogP contribution in [-0.4, -0.2) is 61.4 Å². The van der Waals surface area contributed by atoms with Crippen molar-refractivity contribution in [3.8, 4) is 0 Å². The van der Waals surface area contributed by atoms with Gasteiger partial charge in [-0.2, -0.15) is 0 Å². The number of hydrogen-bond donors (Lipinski definition) is 1. The smallest absolute Gasteiger partial charge is 0.261 e. The molecule has 2 amide bonds. The molecule has 1 atom stereocenters. The molecule has 144 valence electrons. The molecule has 7 nitrogen and oxygen atoms in total. The quantitative estimate of drug-likeness (QED) is 0.650. The van der Waals surface area contributed by atoms with E-state index in [9.17, 15) is 18.0 Å². The van der Waals surface area contributed by atoms with Gasteiger partial charge >= 0.3 is 0 Å². The zero-order valence-corrected chi connectivity index (χ0v) is 16.3. The molecule has 1 aromatic rings. The summed E-state index contributed by atoms with van der Waals surface area (Å²) in [7, 11) is -1.92. The van der Waals surface area contributed by atoms with Gasteiger partial charge in [0.2, 0.25) is 10.0 Å². The maximum absolute atomic E-state index is 12.4. The summed E-state index contributed by atoms with van der Waals surface area (Å²) in [6.07, 6.45) is 0.792. The minimum absolute atomic E-state index is 0.0500. The molecule has 0 aliphatic carbocycles. The van der Waals surface area contributed by atoms with Gasteiger partial charge in [0.1, 0.15) is 0 Å². The van der Waals surface area contributed by atoms with Crippen LogP contribution in [0.1, 0.15) is 47.4 Å². The molecule has 8 heteroatoms. The lowest BCUT2D eigenvalue weighted by Gasteiger charge is -2.21. The van der Waals surface area contributed by atoms with Gasteiger partial charge in [-0.1, -0.05) is 26.0 Å². The second-order valence-electron chi connectivity index (χ2n) is 7.00. The summed E-state index contributed by atoms with van der Waals surface area (Å²) in [6.45, 7) is 4.45. The van der Waals surface area contributed by atoms with E-state index in [2.05, 4.69) is 0 Å². The first-order valence-electron chi connectivity index (χ1n) is 8.80. The number of nitrogens with two attached hydrogens (primary N) is 1. The predicted octanol–water partition coefficient (Wildman–Crippen LogP) is 1.31. The molecule has 2 rings (SSSR count). The Morgan fingerprint density at radius 2 is 1.65 bits per heavy atom. The summed E-state index contributed by atoms with van der Waals surface area (Å²) in [5.41, 5.74) is 6.71. The first-order valence-corrected chi connectivity index (χ1v) is 10.4. The van der Waals surface area contributed by atoms with Crippen molar-refractivity contribution in [1.82, 2.24) is 9.21 Å². The SMILES string of the molecule is CC(C)C(N)CCN(C)S(=O)(=O)CCCN1C(=O)c2ccccc2C1=O. The lowest BCUT2D eigenvalue weighted by atomic mass is 10.0. The van der Waals surface area contributed by atoms with Crippen LogP contribution >= 0.6 is 0 Å². The van der Waals surface area contributed by atoms with Gasteiger partial charge < -0.3 is 5.73 Å². The third-order valence-corrected chi connectivity index (χ3v) is 6.71. The molecular weight excluding hydrogens is 354 g/mol. The van der Waals surface area contributed by atoms with E-state index in [-0.39, 0.29) is 36.6 Å². The number of sulfonamides is 1. The van der Waals surface area contributed by atoms with Crippen molar-refractivity contribution in [1.29, 1.82) is 0 Å². The summed E-state index contributed by atoms with van der Waals surface area (Å²) in [5.74, 6) is -0.549. The molecule has 0 bridgehead atoms. The van der Waals surface area contributed by atoms with Crippen LogP contribution < -0.4 is 5.73 Å². The van der Waals surface area contributed by atoms with Crippen LogP contribution in [0.25, 0.3) is 0 Å². The van der Waals surface area contributed by atoms with Crippen molar-refractivity contribution in [2.75, 3.05) is 25.9 Å². The zero-order chi connectivity index (χ0) is 19.5. The average Bonchev–Trinajstić information content (AvgIpc) is 2.84. The number of carbonyl (C=O) groups excluding carboxylic acids is 2. The van der Waals surface area contributed by atoms with Crippen LogP contribution in [-0.2, 0) is 10.0 Å². The summed E-state index contributed by atoms with van der Waals surface area (Å²) in [5, 5.41) is 0. The van der Waals surface area contributed by atoms with E-state index in [0.29, 0.717) is 30.0 Å². The van der Waals surface area contributed by atoms with E-state index in [4.69, 9.17) is 5.73 Å². The van der Waals surface area contributed by atoms with E-state index in [1.807, 2.05) is 13.8 Å². The third-order valence-electron chi connectivity index (χ3n) is 4.77. The number of hydrogen-bond acceptors (Lipinski definition) is 5. The fourth-order valence-electron chi connectivity index (χ4n) is 2.81. The molecular formula is C18H27N3O4S. The van der Waals surface area contributed by atoms with Gasteiger partial charge in [0, 0.05) is 26.2 Å². The molecule has 26 heavy (non-hydrogen) atoms. The van der Waals surface area contributed by atoms with Gasteiger partial charge in [0.15, 0.2) is 0 Å². The Balaban J connectivity index is 1.87. The summed E-state index contributed by atoms with van der Waals surface area (Å²) in [4.78, 5) is 25.7. The van der Waals surface area contributed by atoms with Gasteiger partial charge in [0.25, 0.3) is 11.8 Å². The van der Waals surface area contributed by atoms with Crippen LogP contribution in [0.4, 0.5) is 0 Å². The predicted molar refractivity (Wildman–Crippen MR) is 100 cm³/mol. The topological polar surface area (TPSA) is 101 Å². The zero-order valence-electron chi connectivity index (χ0n) is 15.5. The van der Waals surface area contributed by atoms with Gasteiger partial charge in [-0.25, -0.2) is 12.7 Å². The highest BCUT2D eigenvalue weighted by Gasteiger charge is 2.34. The van der Waals surface area contributed by atoms with Crippen molar-refractivity contribution >= 4 is 21.8 Å². The number of imide groups is 1. The van der Waals surface area contributed by atoms with Crippen molar-refractivity contribution in [2.24, 2.45) is 11.7 Å². The van der Waals surface area contributed by atoms with Gasteiger partial charge in [-0.15, -0.1) is 0 Å². The molecule has 1 aliphatic rings. The lowest BCUT2D eigenvalue weighted by molar-refractivity contribution is 0.0654. The second kappa shape index (κ2) is 8.28. The maximum atomic E-state index is 12.4. The Labute approximate surface area is 155 Å². The molecule has 0 radical (unpaired) electrons. The fourth-order valence-corrected chi connectivity index (χ4v) is 4.00. The molecule has 1 unspecified atom stereocenters. The number of fused-ring (bicyclic) bond motifs is 1. The van der Waals surface area contributed by atoms with E-state index < -0.39 is 10.0 Å². The Morgan fingerprint density at radius 3 is 2.15 bits per heavy atom. The third kappa shape index (κ3) is 4.49. The van der Waals surface area contributed by atoms with E-state index >= 15 is 0 Å². The molecule has 2 N–H and O–H groups in total. The number of benzene rings is 1. The number of amides is 2. The Morgan fingerprint density at radius 1 is 1.12 bits per heavy atom. The molecule has 0 aromatic heterocycles. The first kappa shape index (κ1) is 20.5. The fraction of sp³-hybridized carbons (Fsp3) is 0.556. The number of rotatable bonds is 9. The maximum Gasteiger partial charge on any atom is 0.261 e. The van der Waals surface area contributed by atoms with Crippen molar-refractivity contribution in [3.05, 3.63) is 35.4 Å². The van der Waals surface area contributed by atoms with Crippen molar-refractivity contribution in [2.45, 2.75) is 32.7 Å². The van der Waals surface area contributed by atoms with Crippen LogP contribution in [0.15, 0.2) is 24.3 Å². The van der Waals surface area contributed by atoms with Gasteiger partial charge in [-0.05, 0) is 30.9 Å². The minimum atomic E-state index is -3.45. The highest BCUT2D eigenvalue weighted by atomic mass is 32.2.